The van der Waals surface area contributed by atoms with Crippen molar-refractivity contribution in [2.24, 2.45) is 0 Å². The number of nitrogens with one attached hydrogen (secondary N) is 2. The summed E-state index contributed by atoms with van der Waals surface area (Å²) >= 11 is 0. The van der Waals surface area contributed by atoms with Gasteiger partial charge in [0.2, 0.25) is 0 Å². The molecule has 9 nitrogen and oxygen atoms in total. The zero-order valence-electron chi connectivity index (χ0n) is 18.3. The quantitative estimate of drug-likeness (QED) is 0.618. The van der Waals surface area contributed by atoms with E-state index in [1.165, 1.54) is 24.1 Å². The summed E-state index contributed by atoms with van der Waals surface area (Å²) in [7, 11) is 0. The van der Waals surface area contributed by atoms with Crippen LogP contribution in [-0.4, -0.2) is 57.1 Å². The van der Waals surface area contributed by atoms with Crippen molar-refractivity contribution in [3.8, 4) is 0 Å². The molecule has 0 bridgehead atoms. The first kappa shape index (κ1) is 21.0. The molecule has 168 valence electrons. The molecule has 6 rings (SSSR count). The Labute approximate surface area is 192 Å². The minimum Gasteiger partial charge on any atom is -0.368 e. The van der Waals surface area contributed by atoms with Crippen molar-refractivity contribution in [3.05, 3.63) is 41.6 Å². The molecule has 3 aliphatic rings. The molecule has 3 aromatic rings. The molecule has 0 aromatic carbocycles. The predicted octanol–water partition coefficient (Wildman–Crippen LogP) is 2.70. The van der Waals surface area contributed by atoms with Gasteiger partial charge in [-0.25, -0.2) is 19.7 Å². The van der Waals surface area contributed by atoms with Crippen molar-refractivity contribution in [1.29, 1.82) is 0 Å². The van der Waals surface area contributed by atoms with E-state index < -0.39 is 0 Å². The van der Waals surface area contributed by atoms with Crippen molar-refractivity contribution in [1.82, 2.24) is 24.7 Å². The van der Waals surface area contributed by atoms with Gasteiger partial charge in [-0.05, 0) is 39.2 Å². The van der Waals surface area contributed by atoms with E-state index in [4.69, 9.17) is 0 Å². The number of carbonyl (C=O) groups excluding carboxylic acids is 1. The molecule has 0 atom stereocenters. The van der Waals surface area contributed by atoms with E-state index in [-0.39, 0.29) is 18.4 Å². The smallest absolute Gasteiger partial charge is 0.328 e. The highest BCUT2D eigenvalue weighted by Gasteiger charge is 2.46. The van der Waals surface area contributed by atoms with Gasteiger partial charge in [0.05, 0.1) is 17.6 Å². The van der Waals surface area contributed by atoms with Crippen LogP contribution in [0.2, 0.25) is 0 Å². The fraction of sp³-hybridized carbons (Fsp3) is 0.455. The van der Waals surface area contributed by atoms with E-state index in [0.29, 0.717) is 17.9 Å². The van der Waals surface area contributed by atoms with E-state index in [1.54, 1.807) is 11.1 Å². The third kappa shape index (κ3) is 3.45. The summed E-state index contributed by atoms with van der Waals surface area (Å²) in [6.45, 7) is 7.48. The minimum atomic E-state index is -0.203. The lowest BCUT2D eigenvalue weighted by Crippen LogP contribution is -2.52. The van der Waals surface area contributed by atoms with Gasteiger partial charge >= 0.3 is 6.03 Å². The Morgan fingerprint density at radius 1 is 1.19 bits per heavy atom. The zero-order valence-corrected chi connectivity index (χ0v) is 19.1. The monoisotopic (exact) mass is 454 g/mol. The summed E-state index contributed by atoms with van der Waals surface area (Å²) in [5.74, 6) is 1.27. The van der Waals surface area contributed by atoms with Crippen molar-refractivity contribution in [3.63, 3.8) is 0 Å². The maximum Gasteiger partial charge on any atom is 0.328 e. The van der Waals surface area contributed by atoms with Crippen LogP contribution in [0.3, 0.4) is 0 Å². The van der Waals surface area contributed by atoms with Gasteiger partial charge in [0.15, 0.2) is 11.5 Å². The van der Waals surface area contributed by atoms with Crippen molar-refractivity contribution >= 4 is 41.4 Å². The molecule has 1 spiro atoms. The first-order valence-corrected chi connectivity index (χ1v) is 10.9. The topological polar surface area (TPSA) is 90.7 Å². The normalized spacial score (nSPS) is 18.6. The predicted molar refractivity (Wildman–Crippen MR) is 126 cm³/mol. The van der Waals surface area contributed by atoms with Gasteiger partial charge < -0.3 is 14.6 Å². The van der Waals surface area contributed by atoms with Crippen molar-refractivity contribution in [2.45, 2.75) is 38.6 Å². The largest absolute Gasteiger partial charge is 0.368 e. The first-order valence-electron chi connectivity index (χ1n) is 10.9. The third-order valence-electron chi connectivity index (χ3n) is 6.62. The molecule has 2 fully saturated rings. The van der Waals surface area contributed by atoms with Crippen molar-refractivity contribution < 1.29 is 4.79 Å². The molecule has 1 aliphatic carbocycles. The summed E-state index contributed by atoms with van der Waals surface area (Å²) in [5.41, 5.74) is 5.19. The van der Waals surface area contributed by atoms with Crippen molar-refractivity contribution in [2.75, 3.05) is 41.3 Å². The highest BCUT2D eigenvalue weighted by molar-refractivity contribution is 6.02. The number of hydrogen-bond donors (Lipinski definition) is 2. The average Bonchev–Trinajstić information content (AvgIpc) is 3.17. The molecular formula is C22H27ClN8O. The molecule has 1 saturated heterocycles. The number of halogens is 1. The number of carbonyl (C=O) groups is 1. The number of nitrogens with zero attached hydrogens (tertiary/aromatic N) is 6. The molecule has 1 saturated carbocycles. The van der Waals surface area contributed by atoms with Crippen LogP contribution in [0.25, 0.3) is 5.65 Å². The highest BCUT2D eigenvalue weighted by Crippen LogP contribution is 2.41. The molecule has 2 aliphatic heterocycles. The van der Waals surface area contributed by atoms with Gasteiger partial charge in [-0.3, -0.25) is 10.2 Å². The van der Waals surface area contributed by atoms with Crippen LogP contribution in [0.5, 0.6) is 0 Å². The standard InChI is InChI=1S/C22H26N8O.ClH/c1-14-11-29-12-18(26-15(2)19(29)25-14)27-21(31)30-9-4-16-17(3-7-23-20(16)30)28-10-8-24-22(13-28)5-6-22;/h3,7,11-12,24H,4-6,8-10,13H2,1-2H3,(H,27,31);1H. The van der Waals surface area contributed by atoms with Crippen LogP contribution in [0, 0.1) is 13.8 Å². The number of hydrogen-bond acceptors (Lipinski definition) is 6. The third-order valence-corrected chi connectivity index (χ3v) is 6.62. The second-order valence-electron chi connectivity index (χ2n) is 8.92. The van der Waals surface area contributed by atoms with Crippen LogP contribution < -0.4 is 20.4 Å². The van der Waals surface area contributed by atoms with E-state index in [9.17, 15) is 4.79 Å². The summed E-state index contributed by atoms with van der Waals surface area (Å²) in [5, 5.41) is 6.62. The maximum absolute atomic E-state index is 13.1. The second kappa shape index (κ2) is 7.60. The number of urea groups is 1. The number of pyridine rings is 1. The van der Waals surface area contributed by atoms with Gasteiger partial charge in [-0.15, -0.1) is 12.4 Å². The number of aromatic nitrogens is 4. The fourth-order valence-electron chi connectivity index (χ4n) is 4.93. The Morgan fingerprint density at radius 2 is 2.03 bits per heavy atom. The fourth-order valence-corrected chi connectivity index (χ4v) is 4.93. The molecule has 0 radical (unpaired) electrons. The number of amides is 2. The number of imidazole rings is 1. The lowest BCUT2D eigenvalue weighted by molar-refractivity contribution is 0.257. The van der Waals surface area contributed by atoms with E-state index >= 15 is 0 Å². The molecule has 2 N–H and O–H groups in total. The van der Waals surface area contributed by atoms with Crippen LogP contribution >= 0.6 is 12.4 Å². The van der Waals surface area contributed by atoms with Crippen LogP contribution in [0.4, 0.5) is 22.1 Å². The van der Waals surface area contributed by atoms with Gasteiger partial charge in [0.1, 0.15) is 5.82 Å². The van der Waals surface area contributed by atoms with E-state index in [2.05, 4.69) is 36.6 Å². The highest BCUT2D eigenvalue weighted by atomic mass is 35.5. The number of fused-ring (bicyclic) bond motifs is 2. The molecule has 2 amide bonds. The second-order valence-corrected chi connectivity index (χ2v) is 8.92. The van der Waals surface area contributed by atoms with Gasteiger partial charge in [-0.2, -0.15) is 0 Å². The Kier molecular flexibility index (Phi) is 4.98. The molecule has 5 heterocycles. The minimum absolute atomic E-state index is 0. The molecule has 10 heteroatoms. The number of aryl methyl sites for hydroxylation is 2. The Bertz CT molecular complexity index is 1200. The lowest BCUT2D eigenvalue weighted by atomic mass is 10.1. The van der Waals surface area contributed by atoms with Crippen LogP contribution in [0.1, 0.15) is 29.8 Å². The van der Waals surface area contributed by atoms with Crippen LogP contribution in [0.15, 0.2) is 24.7 Å². The van der Waals surface area contributed by atoms with Gasteiger partial charge in [0.25, 0.3) is 0 Å². The maximum atomic E-state index is 13.1. The summed E-state index contributed by atoms with van der Waals surface area (Å²) in [4.78, 5) is 30.9. The zero-order chi connectivity index (χ0) is 21.2. The molecule has 32 heavy (non-hydrogen) atoms. The van der Waals surface area contributed by atoms with Gasteiger partial charge in [-0.1, -0.05) is 0 Å². The van der Waals surface area contributed by atoms with E-state index in [0.717, 1.165) is 48.9 Å². The van der Waals surface area contributed by atoms with E-state index in [1.807, 2.05) is 30.6 Å². The Morgan fingerprint density at radius 3 is 2.84 bits per heavy atom. The Balaban J connectivity index is 0.00000216. The molecule has 3 aromatic heterocycles. The first-order chi connectivity index (χ1) is 15.0. The number of piperazine rings is 1. The lowest BCUT2D eigenvalue weighted by Gasteiger charge is -2.36. The summed E-state index contributed by atoms with van der Waals surface area (Å²) in [6.07, 6.45) is 8.87. The van der Waals surface area contributed by atoms with Crippen LogP contribution in [-0.2, 0) is 6.42 Å². The number of anilines is 3. The summed E-state index contributed by atoms with van der Waals surface area (Å²) < 4.78 is 1.90. The number of rotatable bonds is 2. The summed E-state index contributed by atoms with van der Waals surface area (Å²) in [6, 6.07) is 1.90. The van der Waals surface area contributed by atoms with Gasteiger partial charge in [0, 0.05) is 55.4 Å². The SMILES string of the molecule is Cc1cn2cc(NC(=O)N3CCc4c(N5CCNC6(CC6)C5)ccnc43)nc(C)c2n1.Cl. The molecule has 0 unspecified atom stereocenters. The molecular weight excluding hydrogens is 428 g/mol. The Hall–Kier alpha value is -2.91. The average molecular weight is 455 g/mol.